The van der Waals surface area contributed by atoms with Crippen LogP contribution >= 0.6 is 0 Å². The van der Waals surface area contributed by atoms with Crippen molar-refractivity contribution in [3.63, 3.8) is 0 Å². The molecule has 1 N–H and O–H groups in total. The molecule has 0 unspecified atom stereocenters. The highest BCUT2D eigenvalue weighted by Gasteiger charge is 2.30. The van der Waals surface area contributed by atoms with Gasteiger partial charge in [0.15, 0.2) is 0 Å². The van der Waals surface area contributed by atoms with Gasteiger partial charge in [-0.3, -0.25) is 0 Å². The van der Waals surface area contributed by atoms with Gasteiger partial charge < -0.3 is 14.9 Å². The summed E-state index contributed by atoms with van der Waals surface area (Å²) in [5, 5.41) is 3.31. The van der Waals surface area contributed by atoms with Crippen LogP contribution in [0, 0.1) is 0 Å². The third-order valence-corrected chi connectivity index (χ3v) is 2.82. The highest BCUT2D eigenvalue weighted by molar-refractivity contribution is 6.64. The van der Waals surface area contributed by atoms with E-state index < -0.39 is 0 Å². The number of nitrogens with one attached hydrogen (secondary N) is 1. The van der Waals surface area contributed by atoms with Crippen LogP contribution in [-0.2, 0) is 4.79 Å². The molecule has 0 aliphatic carbocycles. The fraction of sp³-hybridized carbons (Fsp3) is 0.875. The lowest BCUT2D eigenvalue weighted by Gasteiger charge is -2.41. The van der Waals surface area contributed by atoms with E-state index in [4.69, 9.17) is 0 Å². The second kappa shape index (κ2) is 4.05. The predicted molar refractivity (Wildman–Crippen MR) is 50.8 cm³/mol. The van der Waals surface area contributed by atoms with Crippen LogP contribution in [0.3, 0.4) is 0 Å². The van der Waals surface area contributed by atoms with E-state index in [1.807, 2.05) is 11.9 Å². The summed E-state index contributed by atoms with van der Waals surface area (Å²) in [4.78, 5) is 12.3. The lowest BCUT2D eigenvalue weighted by atomic mass is 9.80. The summed E-state index contributed by atoms with van der Waals surface area (Å²) in [6.45, 7) is 4.30. The fourth-order valence-electron chi connectivity index (χ4n) is 1.59. The third-order valence-electron chi connectivity index (χ3n) is 2.82. The molecule has 1 fully saturated rings. The van der Waals surface area contributed by atoms with E-state index in [1.165, 1.54) is 0 Å². The van der Waals surface area contributed by atoms with Crippen LogP contribution in [0.2, 0.25) is 0 Å². The van der Waals surface area contributed by atoms with E-state index in [0.717, 1.165) is 32.1 Å². The molecule has 0 saturated carbocycles. The van der Waals surface area contributed by atoms with Gasteiger partial charge in [0.2, 0.25) is 0 Å². The van der Waals surface area contributed by atoms with Crippen LogP contribution in [0.1, 0.15) is 19.8 Å². The van der Waals surface area contributed by atoms with Gasteiger partial charge in [0.05, 0.1) is 6.19 Å². The second-order valence-electron chi connectivity index (χ2n) is 3.64. The number of hydrogen-bond acceptors (Lipinski definition) is 3. The first kappa shape index (κ1) is 9.74. The van der Waals surface area contributed by atoms with E-state index in [1.54, 1.807) is 7.41 Å². The van der Waals surface area contributed by atoms with Crippen molar-refractivity contribution in [2.45, 2.75) is 25.3 Å². The maximum atomic E-state index is 10.3. The molecule has 1 aliphatic heterocycles. The quantitative estimate of drug-likeness (QED) is 0.469. The normalized spacial score (nSPS) is 22.2. The van der Waals surface area contributed by atoms with Crippen LogP contribution in [0.5, 0.6) is 0 Å². The summed E-state index contributed by atoms with van der Waals surface area (Å²) in [7, 11) is 3.59. The Morgan fingerprint density at radius 3 is 2.58 bits per heavy atom. The maximum Gasteiger partial charge on any atom is 0.293 e. The fourth-order valence-corrected chi connectivity index (χ4v) is 1.59. The number of hydrogen-bond donors (Lipinski definition) is 1. The number of nitrogens with zero attached hydrogens (tertiary/aromatic N) is 1. The Labute approximate surface area is 74.8 Å². The minimum absolute atomic E-state index is 0.173. The average molecular weight is 167 g/mol. The molecular weight excluding hydrogens is 151 g/mol. The first-order valence-corrected chi connectivity index (χ1v) is 4.41. The van der Waals surface area contributed by atoms with Crippen LogP contribution in [0.4, 0.5) is 0 Å². The minimum Gasteiger partial charge on any atom is -0.338 e. The molecule has 1 rings (SSSR count). The number of carbonyl (C=O) groups excluding carboxylic acids is 1. The molecule has 4 heteroatoms. The molecular formula is C8H16BN2O. The average Bonchev–Trinajstić information content (AvgIpc) is 2.06. The van der Waals surface area contributed by atoms with E-state index in [2.05, 4.69) is 12.2 Å². The predicted octanol–water partition coefficient (Wildman–Crippen LogP) is -0.130. The van der Waals surface area contributed by atoms with Crippen LogP contribution in [0.25, 0.3) is 0 Å². The topological polar surface area (TPSA) is 32.3 Å². The zero-order chi connectivity index (χ0) is 9.03. The third kappa shape index (κ3) is 2.08. The first-order valence-electron chi connectivity index (χ1n) is 4.41. The lowest BCUT2D eigenvalue weighted by Crippen LogP contribution is -2.52. The van der Waals surface area contributed by atoms with Crippen molar-refractivity contribution in [2.75, 3.05) is 20.1 Å². The van der Waals surface area contributed by atoms with Gasteiger partial charge in [0, 0.05) is 5.54 Å². The smallest absolute Gasteiger partial charge is 0.293 e. The van der Waals surface area contributed by atoms with Crippen molar-refractivity contribution in [3.8, 4) is 0 Å². The molecule has 1 aliphatic rings. The molecule has 0 atom stereocenters. The van der Waals surface area contributed by atoms with Crippen LogP contribution in [0.15, 0.2) is 0 Å². The summed E-state index contributed by atoms with van der Waals surface area (Å²) >= 11 is 0. The standard InChI is InChI=1S/C8H16BN2O/c1-8(11(2)9-7-12)3-5-10-6-4-8/h7,10H,3-6H2,1-2H3. The van der Waals surface area contributed by atoms with Gasteiger partial charge in [-0.05, 0) is 39.9 Å². The molecule has 0 aromatic carbocycles. The van der Waals surface area contributed by atoms with Crippen LogP contribution < -0.4 is 5.32 Å². The van der Waals surface area contributed by atoms with Gasteiger partial charge in [-0.1, -0.05) is 0 Å². The van der Waals surface area contributed by atoms with E-state index >= 15 is 0 Å². The number of piperidine rings is 1. The number of carbonyl (C=O) groups is 1. The summed E-state index contributed by atoms with van der Waals surface area (Å²) in [5.41, 5.74) is 0.173. The highest BCUT2D eigenvalue weighted by atomic mass is 16.1. The molecule has 12 heavy (non-hydrogen) atoms. The monoisotopic (exact) mass is 167 g/mol. The van der Waals surface area contributed by atoms with Crippen molar-refractivity contribution in [1.82, 2.24) is 10.1 Å². The van der Waals surface area contributed by atoms with Crippen LogP contribution in [-0.4, -0.2) is 44.1 Å². The van der Waals surface area contributed by atoms with Crippen molar-refractivity contribution in [2.24, 2.45) is 0 Å². The summed E-state index contributed by atoms with van der Waals surface area (Å²) < 4.78 is 0. The highest BCUT2D eigenvalue weighted by Crippen LogP contribution is 2.22. The lowest BCUT2D eigenvalue weighted by molar-refractivity contribution is 0.184. The van der Waals surface area contributed by atoms with E-state index in [9.17, 15) is 4.79 Å². The summed E-state index contributed by atoms with van der Waals surface area (Å²) in [6.07, 6.45) is 3.06. The minimum atomic E-state index is 0.173. The van der Waals surface area contributed by atoms with Crippen molar-refractivity contribution >= 4 is 13.6 Å². The molecule has 0 amide bonds. The van der Waals surface area contributed by atoms with Gasteiger partial charge in [0.25, 0.3) is 7.41 Å². The maximum absolute atomic E-state index is 10.3. The first-order chi connectivity index (χ1) is 5.69. The van der Waals surface area contributed by atoms with Crippen molar-refractivity contribution < 1.29 is 4.79 Å². The Morgan fingerprint density at radius 1 is 1.50 bits per heavy atom. The Morgan fingerprint density at radius 2 is 2.08 bits per heavy atom. The SMILES string of the molecule is CN([B]C=O)C1(C)CCNCC1. The summed E-state index contributed by atoms with van der Waals surface area (Å²) in [6, 6.07) is 0. The molecule has 67 valence electrons. The molecule has 3 nitrogen and oxygen atoms in total. The largest absolute Gasteiger partial charge is 0.338 e. The Kier molecular flexibility index (Phi) is 3.29. The molecule has 1 saturated heterocycles. The Hall–Kier alpha value is -0.345. The van der Waals surface area contributed by atoms with Gasteiger partial charge in [0.1, 0.15) is 0 Å². The Bertz CT molecular complexity index is 157. The van der Waals surface area contributed by atoms with Crippen molar-refractivity contribution in [1.29, 1.82) is 0 Å². The summed E-state index contributed by atoms with van der Waals surface area (Å²) in [5.74, 6) is 0. The Balaban J connectivity index is 2.49. The zero-order valence-corrected chi connectivity index (χ0v) is 7.84. The molecule has 1 radical (unpaired) electrons. The molecule has 1 heterocycles. The second-order valence-corrected chi connectivity index (χ2v) is 3.64. The van der Waals surface area contributed by atoms with E-state index in [-0.39, 0.29) is 5.54 Å². The van der Waals surface area contributed by atoms with Gasteiger partial charge >= 0.3 is 0 Å². The van der Waals surface area contributed by atoms with Gasteiger partial charge in [-0.15, -0.1) is 0 Å². The van der Waals surface area contributed by atoms with Crippen molar-refractivity contribution in [3.05, 3.63) is 0 Å². The molecule has 0 bridgehead atoms. The van der Waals surface area contributed by atoms with E-state index in [0.29, 0.717) is 0 Å². The van der Waals surface area contributed by atoms with Gasteiger partial charge in [-0.25, -0.2) is 0 Å². The van der Waals surface area contributed by atoms with Gasteiger partial charge in [-0.2, -0.15) is 0 Å². The zero-order valence-electron chi connectivity index (χ0n) is 7.84. The number of rotatable bonds is 3. The molecule has 0 aromatic heterocycles. The molecule has 0 spiro atoms. The molecule has 0 aromatic rings.